The number of ether oxygens (including phenoxy) is 1. The smallest absolute Gasteiger partial charge is 0.475 e. The molecule has 1 aliphatic heterocycles. The van der Waals surface area contributed by atoms with Crippen LogP contribution in [0.5, 0.6) is 0 Å². The normalized spacial score (nSPS) is 13.9. The third-order valence-electron chi connectivity index (χ3n) is 4.23. The number of piperazine rings is 1. The van der Waals surface area contributed by atoms with Gasteiger partial charge < -0.3 is 20.1 Å². The Bertz CT molecular complexity index is 815. The third-order valence-corrected chi connectivity index (χ3v) is 4.23. The molecular formula is C20H21F3N2O4. The molecule has 156 valence electrons. The van der Waals surface area contributed by atoms with E-state index in [1.54, 1.807) is 12.1 Å². The molecule has 0 amide bonds. The van der Waals surface area contributed by atoms with Crippen LogP contribution in [-0.2, 0) is 9.53 Å². The maximum Gasteiger partial charge on any atom is 0.490 e. The van der Waals surface area contributed by atoms with Crippen LogP contribution in [0, 0.1) is 0 Å². The minimum absolute atomic E-state index is 0.305. The summed E-state index contributed by atoms with van der Waals surface area (Å²) in [6.07, 6.45) is -5.08. The van der Waals surface area contributed by atoms with E-state index in [2.05, 4.69) is 34.5 Å². The number of carboxylic acids is 1. The highest BCUT2D eigenvalue weighted by molar-refractivity contribution is 5.90. The summed E-state index contributed by atoms with van der Waals surface area (Å²) in [4.78, 5) is 22.7. The standard InChI is InChI=1S/C18H20N2O2.C2HF3O2/c1-22-18(21)16-4-2-14(3-5-16)15-6-8-17(9-7-15)20-12-10-19-11-13-20;3-2(4,5)1(6)7/h2-9,19H,10-13H2,1H3;(H,6,7). The molecule has 0 bridgehead atoms. The Hall–Kier alpha value is -3.07. The molecule has 0 unspecified atom stereocenters. The first-order valence-electron chi connectivity index (χ1n) is 8.77. The molecule has 29 heavy (non-hydrogen) atoms. The zero-order valence-corrected chi connectivity index (χ0v) is 15.7. The average Bonchev–Trinajstić information content (AvgIpc) is 2.74. The first-order valence-corrected chi connectivity index (χ1v) is 8.77. The molecule has 3 rings (SSSR count). The number of nitrogens with one attached hydrogen (secondary N) is 1. The summed E-state index contributed by atoms with van der Waals surface area (Å²) < 4.78 is 36.5. The highest BCUT2D eigenvalue weighted by Crippen LogP contribution is 2.24. The molecule has 1 fully saturated rings. The van der Waals surface area contributed by atoms with Gasteiger partial charge in [-0.3, -0.25) is 0 Å². The minimum Gasteiger partial charge on any atom is -0.475 e. The zero-order chi connectivity index (χ0) is 21.4. The molecule has 2 N–H and O–H groups in total. The van der Waals surface area contributed by atoms with Gasteiger partial charge in [-0.1, -0.05) is 24.3 Å². The predicted molar refractivity (Wildman–Crippen MR) is 102 cm³/mol. The van der Waals surface area contributed by atoms with Crippen LogP contribution in [0.4, 0.5) is 18.9 Å². The van der Waals surface area contributed by atoms with Crippen molar-refractivity contribution in [3.8, 4) is 11.1 Å². The SMILES string of the molecule is COC(=O)c1ccc(-c2ccc(N3CCNCC3)cc2)cc1.O=C(O)C(F)(F)F. The summed E-state index contributed by atoms with van der Waals surface area (Å²) in [5, 5.41) is 10.5. The molecule has 0 atom stereocenters. The number of rotatable bonds is 3. The Morgan fingerprint density at radius 2 is 1.41 bits per heavy atom. The lowest BCUT2D eigenvalue weighted by Crippen LogP contribution is -2.43. The number of carbonyl (C=O) groups is 2. The van der Waals surface area contributed by atoms with Crippen molar-refractivity contribution in [2.45, 2.75) is 6.18 Å². The number of carboxylic acid groups (broad SMARTS) is 1. The van der Waals surface area contributed by atoms with Crippen molar-refractivity contribution >= 4 is 17.6 Å². The van der Waals surface area contributed by atoms with Crippen molar-refractivity contribution in [3.63, 3.8) is 0 Å². The number of hydrogen-bond acceptors (Lipinski definition) is 5. The van der Waals surface area contributed by atoms with Crippen LogP contribution < -0.4 is 10.2 Å². The van der Waals surface area contributed by atoms with Gasteiger partial charge in [-0.2, -0.15) is 13.2 Å². The number of esters is 1. The largest absolute Gasteiger partial charge is 0.490 e. The van der Waals surface area contributed by atoms with Crippen molar-refractivity contribution < 1.29 is 32.6 Å². The van der Waals surface area contributed by atoms with Crippen LogP contribution in [0.15, 0.2) is 48.5 Å². The Balaban J connectivity index is 0.000000370. The fourth-order valence-electron chi connectivity index (χ4n) is 2.70. The molecule has 6 nitrogen and oxygen atoms in total. The van der Waals surface area contributed by atoms with Crippen LogP contribution in [0.3, 0.4) is 0 Å². The van der Waals surface area contributed by atoms with Crippen LogP contribution in [0.1, 0.15) is 10.4 Å². The molecule has 0 spiro atoms. The van der Waals surface area contributed by atoms with Gasteiger partial charge in [0.2, 0.25) is 0 Å². The summed E-state index contributed by atoms with van der Waals surface area (Å²) in [6, 6.07) is 16.1. The molecule has 1 saturated heterocycles. The van der Waals surface area contributed by atoms with Crippen molar-refractivity contribution in [3.05, 3.63) is 54.1 Å². The average molecular weight is 410 g/mol. The third kappa shape index (κ3) is 6.49. The summed E-state index contributed by atoms with van der Waals surface area (Å²) in [5.41, 5.74) is 4.08. The number of nitrogens with zero attached hydrogens (tertiary/aromatic N) is 1. The van der Waals surface area contributed by atoms with Gasteiger partial charge in [-0.05, 0) is 35.4 Å². The second-order valence-electron chi connectivity index (χ2n) is 6.16. The van der Waals surface area contributed by atoms with Crippen molar-refractivity contribution in [1.29, 1.82) is 0 Å². The zero-order valence-electron chi connectivity index (χ0n) is 15.7. The number of anilines is 1. The van der Waals surface area contributed by atoms with E-state index in [1.807, 2.05) is 12.1 Å². The molecule has 0 aromatic heterocycles. The molecule has 9 heteroatoms. The Labute approximate surface area is 165 Å². The fourth-order valence-corrected chi connectivity index (χ4v) is 2.70. The molecule has 0 radical (unpaired) electrons. The van der Waals surface area contributed by atoms with Crippen LogP contribution in [0.2, 0.25) is 0 Å². The van der Waals surface area contributed by atoms with Crippen molar-refractivity contribution in [2.24, 2.45) is 0 Å². The van der Waals surface area contributed by atoms with Gasteiger partial charge in [0.1, 0.15) is 0 Å². The predicted octanol–water partition coefficient (Wildman–Crippen LogP) is 3.18. The van der Waals surface area contributed by atoms with E-state index in [9.17, 15) is 18.0 Å². The maximum absolute atomic E-state index is 11.4. The Kier molecular flexibility index (Phi) is 7.60. The fraction of sp³-hybridized carbons (Fsp3) is 0.300. The molecule has 0 saturated carbocycles. The van der Waals surface area contributed by atoms with E-state index in [-0.39, 0.29) is 5.97 Å². The monoisotopic (exact) mass is 410 g/mol. The summed E-state index contributed by atoms with van der Waals surface area (Å²) >= 11 is 0. The highest BCUT2D eigenvalue weighted by Gasteiger charge is 2.38. The van der Waals surface area contributed by atoms with E-state index in [4.69, 9.17) is 14.6 Å². The topological polar surface area (TPSA) is 78.9 Å². The second kappa shape index (κ2) is 9.92. The van der Waals surface area contributed by atoms with Crippen molar-refractivity contribution in [1.82, 2.24) is 5.32 Å². The van der Waals surface area contributed by atoms with Gasteiger partial charge in [-0.25, -0.2) is 9.59 Å². The van der Waals surface area contributed by atoms with Gasteiger partial charge in [0.15, 0.2) is 0 Å². The number of halogens is 3. The van der Waals surface area contributed by atoms with Crippen LogP contribution in [-0.4, -0.2) is 56.5 Å². The summed E-state index contributed by atoms with van der Waals surface area (Å²) in [6.45, 7) is 4.17. The van der Waals surface area contributed by atoms with Crippen LogP contribution in [0.25, 0.3) is 11.1 Å². The lowest BCUT2D eigenvalue weighted by atomic mass is 10.0. The molecule has 2 aromatic rings. The molecule has 1 aliphatic rings. The van der Waals surface area contributed by atoms with Crippen molar-refractivity contribution in [2.75, 3.05) is 38.2 Å². The van der Waals surface area contributed by atoms with E-state index < -0.39 is 12.1 Å². The number of alkyl halides is 3. The molecule has 0 aliphatic carbocycles. The maximum atomic E-state index is 11.4. The van der Waals surface area contributed by atoms with E-state index in [0.29, 0.717) is 5.56 Å². The number of carbonyl (C=O) groups excluding carboxylic acids is 1. The van der Waals surface area contributed by atoms with E-state index >= 15 is 0 Å². The molecule has 1 heterocycles. The number of hydrogen-bond donors (Lipinski definition) is 2. The number of aliphatic carboxylic acids is 1. The summed E-state index contributed by atoms with van der Waals surface area (Å²) in [5.74, 6) is -3.06. The van der Waals surface area contributed by atoms with E-state index in [1.165, 1.54) is 12.8 Å². The van der Waals surface area contributed by atoms with E-state index in [0.717, 1.165) is 37.3 Å². The van der Waals surface area contributed by atoms with Gasteiger partial charge >= 0.3 is 18.1 Å². The molecular weight excluding hydrogens is 389 g/mol. The van der Waals surface area contributed by atoms with Gasteiger partial charge in [0, 0.05) is 31.9 Å². The van der Waals surface area contributed by atoms with Crippen LogP contribution >= 0.6 is 0 Å². The number of benzene rings is 2. The lowest BCUT2D eigenvalue weighted by Gasteiger charge is -2.29. The lowest BCUT2D eigenvalue weighted by molar-refractivity contribution is -0.192. The first-order chi connectivity index (χ1) is 13.7. The number of methoxy groups -OCH3 is 1. The quantitative estimate of drug-likeness (QED) is 0.757. The molecule has 2 aromatic carbocycles. The first kappa shape index (κ1) is 22.2. The Morgan fingerprint density at radius 3 is 1.83 bits per heavy atom. The minimum atomic E-state index is -5.08. The van der Waals surface area contributed by atoms with Gasteiger partial charge in [0.05, 0.1) is 12.7 Å². The highest BCUT2D eigenvalue weighted by atomic mass is 19.4. The second-order valence-corrected chi connectivity index (χ2v) is 6.16. The Morgan fingerprint density at radius 1 is 0.966 bits per heavy atom. The summed E-state index contributed by atoms with van der Waals surface area (Å²) in [7, 11) is 1.39. The van der Waals surface area contributed by atoms with Gasteiger partial charge in [0.25, 0.3) is 0 Å². The van der Waals surface area contributed by atoms with Gasteiger partial charge in [-0.15, -0.1) is 0 Å².